The van der Waals surface area contributed by atoms with E-state index in [-0.39, 0.29) is 0 Å². The highest BCUT2D eigenvalue weighted by molar-refractivity contribution is 5.80. The molecule has 22 heavy (non-hydrogen) atoms. The van der Waals surface area contributed by atoms with Gasteiger partial charge in [-0.2, -0.15) is 0 Å². The van der Waals surface area contributed by atoms with Crippen molar-refractivity contribution in [3.8, 4) is 0 Å². The first-order valence-corrected chi connectivity index (χ1v) is 8.15. The summed E-state index contributed by atoms with van der Waals surface area (Å²) in [4.78, 5) is 6.86. The number of aliphatic imine (C=N–C) groups is 1. The molecule has 2 rings (SSSR count). The van der Waals surface area contributed by atoms with Gasteiger partial charge in [0, 0.05) is 33.8 Å². The predicted octanol–water partition coefficient (Wildman–Crippen LogP) is 2.89. The Morgan fingerprint density at radius 2 is 1.86 bits per heavy atom. The van der Waals surface area contributed by atoms with Crippen LogP contribution in [0.5, 0.6) is 0 Å². The third-order valence-corrected chi connectivity index (χ3v) is 4.24. The Morgan fingerprint density at radius 3 is 2.45 bits per heavy atom. The molecule has 0 aromatic heterocycles. The molecule has 2 atom stereocenters. The summed E-state index contributed by atoms with van der Waals surface area (Å²) in [6.45, 7) is 8.25. The Kier molecular flexibility index (Phi) is 6.25. The Hall–Kier alpha value is -1.55. The number of rotatable bonds is 4. The van der Waals surface area contributed by atoms with Crippen molar-refractivity contribution in [2.75, 3.05) is 27.2 Å². The largest absolute Gasteiger partial charge is 0.380 e. The highest BCUT2D eigenvalue weighted by Crippen LogP contribution is 2.21. The number of hydrogen-bond acceptors (Lipinski definition) is 2. The zero-order valence-corrected chi connectivity index (χ0v) is 14.3. The molecule has 0 radical (unpaired) electrons. The molecule has 0 amide bonds. The van der Waals surface area contributed by atoms with Crippen LogP contribution < -0.4 is 5.32 Å². The summed E-state index contributed by atoms with van der Waals surface area (Å²) >= 11 is 0. The fraction of sp³-hybridized carbons (Fsp3) is 0.611. The van der Waals surface area contributed by atoms with Crippen LogP contribution in [-0.4, -0.2) is 38.1 Å². The maximum Gasteiger partial charge on any atom is 0.193 e. The molecular formula is C18H29N3O. The van der Waals surface area contributed by atoms with Gasteiger partial charge in [0.15, 0.2) is 5.96 Å². The van der Waals surface area contributed by atoms with Gasteiger partial charge in [0.2, 0.25) is 0 Å². The quantitative estimate of drug-likeness (QED) is 0.686. The van der Waals surface area contributed by atoms with Crippen LogP contribution in [0.15, 0.2) is 29.3 Å². The van der Waals surface area contributed by atoms with Gasteiger partial charge >= 0.3 is 0 Å². The Labute approximate surface area is 134 Å². The standard InChI is InChI=1S/C18H29N3O/c1-14-9-15(2)12-21(11-14)18(19-3)20-10-16-7-5-6-8-17(16)13-22-4/h5-8,14-15H,9-13H2,1-4H3,(H,19,20). The summed E-state index contributed by atoms with van der Waals surface area (Å²) < 4.78 is 5.28. The molecule has 0 spiro atoms. The van der Waals surface area contributed by atoms with Crippen LogP contribution in [0.25, 0.3) is 0 Å². The Bertz CT molecular complexity index is 491. The van der Waals surface area contributed by atoms with Gasteiger partial charge in [0.1, 0.15) is 0 Å². The van der Waals surface area contributed by atoms with Gasteiger partial charge in [-0.15, -0.1) is 0 Å². The molecule has 1 N–H and O–H groups in total. The average molecular weight is 303 g/mol. The van der Waals surface area contributed by atoms with Gasteiger partial charge in [0.05, 0.1) is 6.61 Å². The van der Waals surface area contributed by atoms with Gasteiger partial charge in [-0.05, 0) is 29.4 Å². The minimum absolute atomic E-state index is 0.647. The number of hydrogen-bond donors (Lipinski definition) is 1. The zero-order chi connectivity index (χ0) is 15.9. The van der Waals surface area contributed by atoms with E-state index in [0.29, 0.717) is 6.61 Å². The number of nitrogens with zero attached hydrogens (tertiary/aromatic N) is 2. The lowest BCUT2D eigenvalue weighted by Crippen LogP contribution is -2.48. The number of piperidine rings is 1. The monoisotopic (exact) mass is 303 g/mol. The van der Waals surface area contributed by atoms with Crippen LogP contribution in [0.4, 0.5) is 0 Å². The maximum atomic E-state index is 5.28. The molecule has 0 aliphatic carbocycles. The molecule has 4 nitrogen and oxygen atoms in total. The van der Waals surface area contributed by atoms with Gasteiger partial charge in [-0.3, -0.25) is 4.99 Å². The first-order valence-electron chi connectivity index (χ1n) is 8.15. The van der Waals surface area contributed by atoms with E-state index in [9.17, 15) is 0 Å². The molecule has 1 heterocycles. The lowest BCUT2D eigenvalue weighted by atomic mass is 9.92. The molecular weight excluding hydrogens is 274 g/mol. The van der Waals surface area contributed by atoms with Gasteiger partial charge in [-0.25, -0.2) is 0 Å². The van der Waals surface area contributed by atoms with E-state index in [0.717, 1.165) is 37.4 Å². The van der Waals surface area contributed by atoms with Crippen molar-refractivity contribution < 1.29 is 4.74 Å². The van der Waals surface area contributed by atoms with Crippen molar-refractivity contribution >= 4 is 5.96 Å². The number of methoxy groups -OCH3 is 1. The summed E-state index contributed by atoms with van der Waals surface area (Å²) in [6.07, 6.45) is 1.31. The fourth-order valence-corrected chi connectivity index (χ4v) is 3.37. The van der Waals surface area contributed by atoms with Crippen molar-refractivity contribution in [1.82, 2.24) is 10.2 Å². The van der Waals surface area contributed by atoms with Crippen molar-refractivity contribution in [3.05, 3.63) is 35.4 Å². The zero-order valence-electron chi connectivity index (χ0n) is 14.3. The summed E-state index contributed by atoms with van der Waals surface area (Å²) in [6, 6.07) is 8.40. The van der Waals surface area contributed by atoms with Crippen molar-refractivity contribution in [1.29, 1.82) is 0 Å². The lowest BCUT2D eigenvalue weighted by Gasteiger charge is -2.37. The molecule has 122 valence electrons. The summed E-state index contributed by atoms with van der Waals surface area (Å²) in [5.74, 6) is 2.46. The second-order valence-corrected chi connectivity index (χ2v) is 6.45. The van der Waals surface area contributed by atoms with E-state index in [2.05, 4.69) is 53.3 Å². The van der Waals surface area contributed by atoms with Crippen molar-refractivity contribution in [2.24, 2.45) is 16.8 Å². The second kappa shape index (κ2) is 8.18. The van der Waals surface area contributed by atoms with E-state index in [1.807, 2.05) is 7.05 Å². The van der Waals surface area contributed by atoms with E-state index >= 15 is 0 Å². The van der Waals surface area contributed by atoms with Crippen LogP contribution in [0.1, 0.15) is 31.4 Å². The normalized spacial score (nSPS) is 22.7. The average Bonchev–Trinajstić information content (AvgIpc) is 2.49. The van der Waals surface area contributed by atoms with Crippen molar-refractivity contribution in [3.63, 3.8) is 0 Å². The molecule has 1 aliphatic rings. The number of benzene rings is 1. The smallest absolute Gasteiger partial charge is 0.193 e. The molecule has 4 heteroatoms. The number of nitrogens with one attached hydrogen (secondary N) is 1. The van der Waals surface area contributed by atoms with Crippen molar-refractivity contribution in [2.45, 2.75) is 33.4 Å². The maximum absolute atomic E-state index is 5.28. The summed E-state index contributed by atoms with van der Waals surface area (Å²) in [5, 5.41) is 3.52. The molecule has 0 saturated carbocycles. The van der Waals surface area contributed by atoms with Crippen LogP contribution in [0.3, 0.4) is 0 Å². The number of likely N-dealkylation sites (tertiary alicyclic amines) is 1. The fourth-order valence-electron chi connectivity index (χ4n) is 3.37. The highest BCUT2D eigenvalue weighted by Gasteiger charge is 2.23. The summed E-state index contributed by atoms with van der Waals surface area (Å²) in [7, 11) is 3.60. The van der Waals surface area contributed by atoms with Gasteiger partial charge in [0.25, 0.3) is 0 Å². The molecule has 2 unspecified atom stereocenters. The third kappa shape index (κ3) is 4.47. The molecule has 1 saturated heterocycles. The van der Waals surface area contributed by atoms with Gasteiger partial charge < -0.3 is 15.0 Å². The highest BCUT2D eigenvalue weighted by atomic mass is 16.5. The SMILES string of the molecule is CN=C(NCc1ccccc1COC)N1CC(C)CC(C)C1. The first-order chi connectivity index (χ1) is 10.6. The molecule has 1 aromatic carbocycles. The molecule has 1 aliphatic heterocycles. The summed E-state index contributed by atoms with van der Waals surface area (Å²) in [5.41, 5.74) is 2.50. The Balaban J connectivity index is 2.00. The third-order valence-electron chi connectivity index (χ3n) is 4.24. The van der Waals surface area contributed by atoms with Gasteiger partial charge in [-0.1, -0.05) is 38.1 Å². The van der Waals surface area contributed by atoms with E-state index in [1.165, 1.54) is 17.5 Å². The van der Waals surface area contributed by atoms with Crippen LogP contribution in [0.2, 0.25) is 0 Å². The van der Waals surface area contributed by atoms with E-state index in [4.69, 9.17) is 4.74 Å². The predicted molar refractivity (Wildman–Crippen MR) is 91.9 cm³/mol. The molecule has 0 bridgehead atoms. The molecule has 1 aromatic rings. The first kappa shape index (κ1) is 16.8. The molecule has 1 fully saturated rings. The van der Waals surface area contributed by atoms with E-state index < -0.39 is 0 Å². The van der Waals surface area contributed by atoms with Crippen LogP contribution in [-0.2, 0) is 17.9 Å². The van der Waals surface area contributed by atoms with Crippen LogP contribution in [0, 0.1) is 11.8 Å². The van der Waals surface area contributed by atoms with E-state index in [1.54, 1.807) is 7.11 Å². The number of ether oxygens (including phenoxy) is 1. The van der Waals surface area contributed by atoms with Crippen LogP contribution >= 0.6 is 0 Å². The lowest BCUT2D eigenvalue weighted by molar-refractivity contribution is 0.184. The second-order valence-electron chi connectivity index (χ2n) is 6.45. The Morgan fingerprint density at radius 1 is 1.23 bits per heavy atom. The minimum atomic E-state index is 0.647. The minimum Gasteiger partial charge on any atom is -0.380 e. The number of guanidine groups is 1. The topological polar surface area (TPSA) is 36.9 Å².